The maximum atomic E-state index is 12.8. The number of nitrogens with one attached hydrogen (secondary N) is 2. The van der Waals surface area contributed by atoms with Gasteiger partial charge in [-0.1, -0.05) is 43.0 Å². The van der Waals surface area contributed by atoms with Gasteiger partial charge in [-0.15, -0.1) is 0 Å². The summed E-state index contributed by atoms with van der Waals surface area (Å²) < 4.78 is 0. The molecule has 0 aliphatic heterocycles. The molecule has 2 amide bonds. The molecule has 0 saturated heterocycles. The maximum absolute atomic E-state index is 12.8. The topological polar surface area (TPSA) is 125 Å². The molecule has 0 aliphatic rings. The van der Waals surface area contributed by atoms with E-state index >= 15 is 0 Å². The normalized spacial score (nSPS) is 11.6. The quantitative estimate of drug-likeness (QED) is 0.165. The zero-order valence-electron chi connectivity index (χ0n) is 19.1. The predicted octanol–water partition coefficient (Wildman–Crippen LogP) is 2.57. The van der Waals surface area contributed by atoms with Crippen LogP contribution in [-0.4, -0.2) is 28.2 Å². The molecule has 7 nitrogen and oxygen atoms in total. The predicted molar refractivity (Wildman–Crippen MR) is 133 cm³/mol. The highest BCUT2D eigenvalue weighted by molar-refractivity contribution is 5.97. The highest BCUT2D eigenvalue weighted by Gasteiger charge is 2.28. The average Bonchev–Trinajstić information content (AvgIpc) is 2.90. The van der Waals surface area contributed by atoms with Crippen molar-refractivity contribution in [1.29, 1.82) is 0 Å². The summed E-state index contributed by atoms with van der Waals surface area (Å²) in [5.74, 6) is 9.73. The molecule has 0 aliphatic carbocycles. The lowest BCUT2D eigenvalue weighted by molar-refractivity contribution is -0.131. The highest BCUT2D eigenvalue weighted by Crippen LogP contribution is 2.21. The minimum Gasteiger partial charge on any atom is -0.399 e. The summed E-state index contributed by atoms with van der Waals surface area (Å²) in [6, 6.07) is 19.7. The van der Waals surface area contributed by atoms with Crippen LogP contribution < -0.4 is 16.5 Å². The van der Waals surface area contributed by atoms with Crippen LogP contribution in [0.5, 0.6) is 0 Å². The number of nitrogen functional groups attached to an aromatic ring is 1. The number of hydrogen-bond donors (Lipinski definition) is 5. The summed E-state index contributed by atoms with van der Waals surface area (Å²) in [5.41, 5.74) is 11.2. The number of carbonyl (C=O) groups excluding carboxylic acids is 2. The lowest BCUT2D eigenvalue weighted by atomic mass is 9.92. The Labute approximate surface area is 203 Å². The second-order valence-electron chi connectivity index (χ2n) is 7.81. The van der Waals surface area contributed by atoms with Gasteiger partial charge in [-0.2, -0.15) is 0 Å². The molecule has 0 heterocycles. The molecule has 0 fully saturated rings. The Morgan fingerprint density at radius 3 is 1.94 bits per heavy atom. The number of benzene rings is 3. The van der Waals surface area contributed by atoms with E-state index < -0.39 is 23.8 Å². The molecule has 0 saturated carbocycles. The van der Waals surface area contributed by atoms with Crippen LogP contribution in [0.1, 0.15) is 45.5 Å². The maximum Gasteiger partial charge on any atom is 0.266 e. The molecule has 0 bridgehead atoms. The Kier molecular flexibility index (Phi) is 8.64. The fraction of sp³-hybridized carbons (Fsp3) is 0.143. The van der Waals surface area contributed by atoms with E-state index in [2.05, 4.69) is 29.0 Å². The Bertz CT molecular complexity index is 1290. The van der Waals surface area contributed by atoms with E-state index in [1.165, 1.54) is 0 Å². The molecule has 3 aromatic carbocycles. The number of aliphatic hydroxyl groups is 1. The van der Waals surface area contributed by atoms with Crippen LogP contribution in [0, 0.1) is 23.7 Å². The summed E-state index contributed by atoms with van der Waals surface area (Å²) in [4.78, 5) is 25.1. The van der Waals surface area contributed by atoms with Gasteiger partial charge in [-0.25, -0.2) is 5.48 Å². The molecule has 2 atom stereocenters. The van der Waals surface area contributed by atoms with E-state index in [4.69, 9.17) is 5.73 Å². The first kappa shape index (κ1) is 25.1. The van der Waals surface area contributed by atoms with Gasteiger partial charge in [-0.05, 0) is 71.5 Å². The van der Waals surface area contributed by atoms with Crippen molar-refractivity contribution >= 4 is 17.5 Å². The molecule has 35 heavy (non-hydrogen) atoms. The van der Waals surface area contributed by atoms with E-state index in [9.17, 15) is 19.9 Å². The lowest BCUT2D eigenvalue weighted by Crippen LogP contribution is -2.48. The van der Waals surface area contributed by atoms with Gasteiger partial charge in [0.2, 0.25) is 0 Å². The van der Waals surface area contributed by atoms with Crippen LogP contribution in [0.15, 0.2) is 72.8 Å². The second kappa shape index (κ2) is 12.1. The molecule has 7 heteroatoms. The van der Waals surface area contributed by atoms with Gasteiger partial charge in [0.15, 0.2) is 0 Å². The van der Waals surface area contributed by atoms with Gasteiger partial charge in [-0.3, -0.25) is 14.8 Å². The van der Waals surface area contributed by atoms with Crippen LogP contribution >= 0.6 is 0 Å². The van der Waals surface area contributed by atoms with Crippen molar-refractivity contribution in [3.05, 3.63) is 101 Å². The Morgan fingerprint density at radius 1 is 0.886 bits per heavy atom. The van der Waals surface area contributed by atoms with Crippen LogP contribution in [0.2, 0.25) is 0 Å². The SMILES string of the molecule is CC(c1ccc(CO)cc1)C(NC(=O)c1ccc(C#CC#Cc2ccc(N)cc2)cc1)C(=O)NO. The number of anilines is 1. The van der Waals surface area contributed by atoms with Crippen molar-refractivity contribution in [3.8, 4) is 23.7 Å². The third-order valence-corrected chi connectivity index (χ3v) is 5.40. The highest BCUT2D eigenvalue weighted by atomic mass is 16.5. The minimum absolute atomic E-state index is 0.0958. The number of hydroxylamine groups is 1. The van der Waals surface area contributed by atoms with Crippen LogP contribution in [0.25, 0.3) is 0 Å². The first-order valence-corrected chi connectivity index (χ1v) is 10.8. The molecule has 6 N–H and O–H groups in total. The number of amides is 2. The summed E-state index contributed by atoms with van der Waals surface area (Å²) in [7, 11) is 0. The van der Waals surface area contributed by atoms with E-state index in [0.29, 0.717) is 16.8 Å². The zero-order chi connectivity index (χ0) is 25.2. The van der Waals surface area contributed by atoms with E-state index in [0.717, 1.165) is 16.7 Å². The van der Waals surface area contributed by atoms with Gasteiger partial charge in [0.1, 0.15) is 6.04 Å². The third-order valence-electron chi connectivity index (χ3n) is 5.40. The summed E-state index contributed by atoms with van der Waals surface area (Å²) >= 11 is 0. The van der Waals surface area contributed by atoms with Gasteiger partial charge >= 0.3 is 0 Å². The van der Waals surface area contributed by atoms with Crippen molar-refractivity contribution in [2.75, 3.05) is 5.73 Å². The first-order chi connectivity index (χ1) is 16.9. The molecular formula is C28H25N3O4. The number of hydrogen-bond acceptors (Lipinski definition) is 5. The number of aliphatic hydroxyl groups excluding tert-OH is 1. The standard InChI is InChI=1S/C28H25N3O4/c1-19(23-12-8-22(18-32)9-13-23)26(28(34)31-35)30-27(33)24-14-6-20(7-15-24)4-2-3-5-21-10-16-25(29)17-11-21/h6-17,19,26,32,35H,18,29H2,1H3,(H,30,33)(H,31,34). The van der Waals surface area contributed by atoms with Gasteiger partial charge in [0, 0.05) is 28.3 Å². The molecule has 176 valence electrons. The van der Waals surface area contributed by atoms with Crippen molar-refractivity contribution in [2.45, 2.75) is 25.5 Å². The van der Waals surface area contributed by atoms with Gasteiger partial charge < -0.3 is 16.2 Å². The first-order valence-electron chi connectivity index (χ1n) is 10.8. The van der Waals surface area contributed by atoms with Crippen molar-refractivity contribution in [2.24, 2.45) is 0 Å². The van der Waals surface area contributed by atoms with E-state index in [-0.39, 0.29) is 6.61 Å². The fourth-order valence-corrected chi connectivity index (χ4v) is 3.31. The molecule has 3 aromatic rings. The molecule has 0 aromatic heterocycles. The molecule has 2 unspecified atom stereocenters. The number of carbonyl (C=O) groups is 2. The van der Waals surface area contributed by atoms with E-state index in [1.54, 1.807) is 73.1 Å². The van der Waals surface area contributed by atoms with Crippen molar-refractivity contribution < 1.29 is 19.9 Å². The van der Waals surface area contributed by atoms with Crippen LogP contribution in [0.3, 0.4) is 0 Å². The number of nitrogens with two attached hydrogens (primary N) is 1. The van der Waals surface area contributed by atoms with Gasteiger partial charge in [0.25, 0.3) is 11.8 Å². The molecule has 0 spiro atoms. The van der Waals surface area contributed by atoms with Crippen LogP contribution in [0.4, 0.5) is 5.69 Å². The van der Waals surface area contributed by atoms with Crippen molar-refractivity contribution in [1.82, 2.24) is 10.8 Å². The van der Waals surface area contributed by atoms with Crippen LogP contribution in [-0.2, 0) is 11.4 Å². The lowest BCUT2D eigenvalue weighted by Gasteiger charge is -2.24. The Morgan fingerprint density at radius 2 is 1.43 bits per heavy atom. The second-order valence-corrected chi connectivity index (χ2v) is 7.81. The van der Waals surface area contributed by atoms with E-state index in [1.807, 2.05) is 12.1 Å². The molecule has 0 radical (unpaired) electrons. The number of rotatable bonds is 6. The molecular weight excluding hydrogens is 442 g/mol. The van der Waals surface area contributed by atoms with Gasteiger partial charge in [0.05, 0.1) is 6.61 Å². The smallest absolute Gasteiger partial charge is 0.266 e. The third kappa shape index (κ3) is 6.96. The summed E-state index contributed by atoms with van der Waals surface area (Å²) in [6.07, 6.45) is 0. The Balaban J connectivity index is 1.68. The Hall–Kier alpha value is -4.56. The largest absolute Gasteiger partial charge is 0.399 e. The average molecular weight is 468 g/mol. The monoisotopic (exact) mass is 467 g/mol. The van der Waals surface area contributed by atoms with Crippen molar-refractivity contribution in [3.63, 3.8) is 0 Å². The fourth-order valence-electron chi connectivity index (χ4n) is 3.31. The minimum atomic E-state index is -1.02. The summed E-state index contributed by atoms with van der Waals surface area (Å²) in [6.45, 7) is 1.67. The molecule has 3 rings (SSSR count). The zero-order valence-corrected chi connectivity index (χ0v) is 19.1. The summed E-state index contributed by atoms with van der Waals surface area (Å²) in [5, 5.41) is 21.1.